The van der Waals surface area contributed by atoms with Gasteiger partial charge in [-0.1, -0.05) is 18.2 Å². The van der Waals surface area contributed by atoms with Crippen LogP contribution in [0.1, 0.15) is 57.0 Å². The summed E-state index contributed by atoms with van der Waals surface area (Å²) in [6, 6.07) is 12.7. The fourth-order valence-electron chi connectivity index (χ4n) is 3.31. The molecule has 146 valence electrons. The van der Waals surface area contributed by atoms with Gasteiger partial charge in [-0.25, -0.2) is 4.79 Å². The Hall–Kier alpha value is -1.85. The molecule has 1 fully saturated rings. The molecule has 1 atom stereocenters. The van der Waals surface area contributed by atoms with Crippen LogP contribution in [-0.2, 0) is 11.3 Å². The number of hydrogen-bond donors (Lipinski definition) is 1. The fourth-order valence-corrected chi connectivity index (χ4v) is 4.35. The van der Waals surface area contributed by atoms with E-state index in [0.717, 1.165) is 12.1 Å². The quantitative estimate of drug-likeness (QED) is 0.727. The third kappa shape index (κ3) is 5.81. The summed E-state index contributed by atoms with van der Waals surface area (Å²) in [6.45, 7) is 11.1. The first kappa shape index (κ1) is 19.9. The Morgan fingerprint density at radius 3 is 2.67 bits per heavy atom. The molecule has 3 rings (SSSR count). The highest BCUT2D eigenvalue weighted by Crippen LogP contribution is 2.31. The van der Waals surface area contributed by atoms with Crippen molar-refractivity contribution in [2.45, 2.75) is 58.7 Å². The molecule has 1 aromatic carbocycles. The largest absolute Gasteiger partial charge is 0.444 e. The molecule has 1 aliphatic rings. The molecule has 1 saturated heterocycles. The summed E-state index contributed by atoms with van der Waals surface area (Å²) in [5.74, 6) is 0. The molecular weight excluding hydrogens is 356 g/mol. The Balaban J connectivity index is 1.66. The minimum Gasteiger partial charge on any atom is -0.444 e. The number of amides is 1. The lowest BCUT2D eigenvalue weighted by molar-refractivity contribution is 0.0508. The first-order chi connectivity index (χ1) is 12.8. The zero-order valence-corrected chi connectivity index (χ0v) is 17.6. The van der Waals surface area contributed by atoms with Crippen LogP contribution in [0.3, 0.4) is 0 Å². The number of nitrogens with zero attached hydrogens (tertiary/aromatic N) is 1. The molecule has 0 bridgehead atoms. The van der Waals surface area contributed by atoms with Crippen LogP contribution >= 0.6 is 11.3 Å². The van der Waals surface area contributed by atoms with Crippen molar-refractivity contribution in [3.05, 3.63) is 46.8 Å². The number of rotatable bonds is 5. The van der Waals surface area contributed by atoms with Crippen molar-refractivity contribution in [2.75, 3.05) is 13.1 Å². The molecule has 1 aromatic heterocycles. The molecule has 0 aliphatic carbocycles. The summed E-state index contributed by atoms with van der Waals surface area (Å²) < 4.78 is 5.36. The number of carbonyl (C=O) groups excluding carboxylic acids is 1. The molecular formula is C22H30N2O2S. The maximum Gasteiger partial charge on any atom is 0.408 e. The van der Waals surface area contributed by atoms with Crippen LogP contribution < -0.4 is 5.32 Å². The lowest BCUT2D eigenvalue weighted by Crippen LogP contribution is -2.34. The van der Waals surface area contributed by atoms with E-state index in [1.807, 2.05) is 45.1 Å². The van der Waals surface area contributed by atoms with Gasteiger partial charge in [0.05, 0.1) is 6.04 Å². The molecule has 1 aliphatic heterocycles. The van der Waals surface area contributed by atoms with Gasteiger partial charge < -0.3 is 10.1 Å². The number of carbonyl (C=O) groups is 1. The lowest BCUT2D eigenvalue weighted by Gasteiger charge is -2.22. The highest BCUT2D eigenvalue weighted by atomic mass is 32.1. The molecule has 1 N–H and O–H groups in total. The third-order valence-corrected chi connectivity index (χ3v) is 5.76. The van der Waals surface area contributed by atoms with Gasteiger partial charge in [-0.15, -0.1) is 11.3 Å². The Labute approximate surface area is 166 Å². The van der Waals surface area contributed by atoms with Gasteiger partial charge in [0.15, 0.2) is 0 Å². The van der Waals surface area contributed by atoms with Crippen LogP contribution in [-0.4, -0.2) is 29.7 Å². The fraction of sp³-hybridized carbons (Fsp3) is 0.500. The average Bonchev–Trinajstić information content (AvgIpc) is 3.25. The number of alkyl carbamates (subject to hydrolysis) is 1. The van der Waals surface area contributed by atoms with Crippen LogP contribution in [0.5, 0.6) is 0 Å². The number of ether oxygens (including phenoxy) is 1. The zero-order chi connectivity index (χ0) is 19.4. The van der Waals surface area contributed by atoms with Gasteiger partial charge in [-0.3, -0.25) is 4.90 Å². The summed E-state index contributed by atoms with van der Waals surface area (Å²) in [5, 5.41) is 2.92. The van der Waals surface area contributed by atoms with Crippen molar-refractivity contribution in [1.82, 2.24) is 10.2 Å². The molecule has 4 nitrogen and oxygen atoms in total. The van der Waals surface area contributed by atoms with Crippen molar-refractivity contribution in [3.8, 4) is 10.4 Å². The van der Waals surface area contributed by atoms with Gasteiger partial charge in [-0.2, -0.15) is 0 Å². The zero-order valence-electron chi connectivity index (χ0n) is 16.7. The van der Waals surface area contributed by atoms with Crippen molar-refractivity contribution in [1.29, 1.82) is 0 Å². The Morgan fingerprint density at radius 1 is 1.22 bits per heavy atom. The molecule has 0 saturated carbocycles. The van der Waals surface area contributed by atoms with Gasteiger partial charge in [-0.05, 0) is 83.0 Å². The number of benzene rings is 1. The number of thiophene rings is 1. The van der Waals surface area contributed by atoms with E-state index in [0.29, 0.717) is 0 Å². The second-order valence-electron chi connectivity index (χ2n) is 8.24. The van der Waals surface area contributed by atoms with Crippen LogP contribution in [0.25, 0.3) is 10.4 Å². The summed E-state index contributed by atoms with van der Waals surface area (Å²) in [7, 11) is 0. The van der Waals surface area contributed by atoms with Crippen LogP contribution in [0.4, 0.5) is 4.79 Å². The van der Waals surface area contributed by atoms with Gasteiger partial charge in [0, 0.05) is 16.3 Å². The van der Waals surface area contributed by atoms with Gasteiger partial charge in [0.2, 0.25) is 0 Å². The van der Waals surface area contributed by atoms with E-state index in [1.165, 1.54) is 41.2 Å². The summed E-state index contributed by atoms with van der Waals surface area (Å²) in [4.78, 5) is 17.2. The second kappa shape index (κ2) is 8.44. The van der Waals surface area contributed by atoms with Gasteiger partial charge in [0.25, 0.3) is 0 Å². The minimum absolute atomic E-state index is 0.108. The Bertz CT molecular complexity index is 773. The van der Waals surface area contributed by atoms with Crippen LogP contribution in [0, 0.1) is 0 Å². The lowest BCUT2D eigenvalue weighted by atomic mass is 10.0. The molecule has 0 radical (unpaired) electrons. The first-order valence-corrected chi connectivity index (χ1v) is 10.5. The molecule has 5 heteroatoms. The summed E-state index contributed by atoms with van der Waals surface area (Å²) >= 11 is 1.86. The summed E-state index contributed by atoms with van der Waals surface area (Å²) in [6.07, 6.45) is 2.26. The van der Waals surface area contributed by atoms with E-state index in [4.69, 9.17) is 4.74 Å². The van der Waals surface area contributed by atoms with Crippen LogP contribution in [0.2, 0.25) is 0 Å². The van der Waals surface area contributed by atoms with Crippen molar-refractivity contribution in [2.24, 2.45) is 0 Å². The molecule has 27 heavy (non-hydrogen) atoms. The number of nitrogens with one attached hydrogen (secondary N) is 1. The summed E-state index contributed by atoms with van der Waals surface area (Å²) in [5.41, 5.74) is 1.78. The Kier molecular flexibility index (Phi) is 6.22. The smallest absolute Gasteiger partial charge is 0.408 e. The van der Waals surface area contributed by atoms with E-state index < -0.39 is 5.60 Å². The number of likely N-dealkylation sites (tertiary alicyclic amines) is 1. The molecule has 1 amide bonds. The highest BCUT2D eigenvalue weighted by Gasteiger charge is 2.19. The molecule has 0 spiro atoms. The van der Waals surface area contributed by atoms with Gasteiger partial charge in [0.1, 0.15) is 5.60 Å². The maximum atomic E-state index is 12.0. The molecule has 2 heterocycles. The average molecular weight is 387 g/mol. The van der Waals surface area contributed by atoms with Crippen molar-refractivity contribution in [3.63, 3.8) is 0 Å². The normalized spacial score (nSPS) is 16.3. The Morgan fingerprint density at radius 2 is 1.96 bits per heavy atom. The van der Waals surface area contributed by atoms with E-state index >= 15 is 0 Å². The second-order valence-corrected chi connectivity index (χ2v) is 9.41. The minimum atomic E-state index is -0.492. The number of hydrogen-bond acceptors (Lipinski definition) is 4. The third-order valence-electron chi connectivity index (χ3n) is 4.64. The molecule has 0 unspecified atom stereocenters. The standard InChI is InChI=1S/C22H30N2O2S/c1-16(23-21(25)26-22(2,3)4)17-8-7-9-18(14-17)20-11-10-19(27-20)15-24-12-5-6-13-24/h7-11,14,16H,5-6,12-13,15H2,1-4H3,(H,23,25)/t16-/m1/s1. The molecule has 2 aromatic rings. The van der Waals surface area contributed by atoms with Crippen molar-refractivity contribution < 1.29 is 9.53 Å². The monoisotopic (exact) mass is 386 g/mol. The predicted octanol–water partition coefficient (Wildman–Crippen LogP) is 5.60. The maximum absolute atomic E-state index is 12.0. The SMILES string of the molecule is C[C@@H](NC(=O)OC(C)(C)C)c1cccc(-c2ccc(CN3CCCC3)s2)c1. The topological polar surface area (TPSA) is 41.6 Å². The van der Waals surface area contributed by atoms with Crippen LogP contribution in [0.15, 0.2) is 36.4 Å². The first-order valence-electron chi connectivity index (χ1n) is 9.71. The van der Waals surface area contributed by atoms with E-state index in [1.54, 1.807) is 0 Å². The predicted molar refractivity (Wildman–Crippen MR) is 112 cm³/mol. The highest BCUT2D eigenvalue weighted by molar-refractivity contribution is 7.15. The van der Waals surface area contributed by atoms with E-state index in [9.17, 15) is 4.79 Å². The van der Waals surface area contributed by atoms with E-state index in [-0.39, 0.29) is 12.1 Å². The van der Waals surface area contributed by atoms with E-state index in [2.05, 4.69) is 40.5 Å². The van der Waals surface area contributed by atoms with Gasteiger partial charge >= 0.3 is 6.09 Å². The van der Waals surface area contributed by atoms with Crippen molar-refractivity contribution >= 4 is 17.4 Å².